The van der Waals surface area contributed by atoms with Crippen molar-refractivity contribution in [1.82, 2.24) is 0 Å². The molecule has 0 aliphatic carbocycles. The highest BCUT2D eigenvalue weighted by atomic mass is 16.7. The first-order valence-corrected chi connectivity index (χ1v) is 5.68. The highest BCUT2D eigenvalue weighted by Crippen LogP contribution is 2.24. The molecule has 1 fully saturated rings. The van der Waals surface area contributed by atoms with Crippen LogP contribution in [0.15, 0.2) is 12.2 Å². The third-order valence-corrected chi connectivity index (χ3v) is 2.26. The second kappa shape index (κ2) is 6.01. The molecule has 0 N–H and O–H groups in total. The van der Waals surface area contributed by atoms with Crippen LogP contribution in [0.2, 0.25) is 0 Å². The van der Waals surface area contributed by atoms with Gasteiger partial charge in [0, 0.05) is 6.08 Å². The Morgan fingerprint density at radius 2 is 2.31 bits per heavy atom. The molecule has 0 aromatic carbocycles. The molecule has 0 unspecified atom stereocenters. The summed E-state index contributed by atoms with van der Waals surface area (Å²) in [5, 5.41) is 0. The van der Waals surface area contributed by atoms with Gasteiger partial charge in [-0.25, -0.2) is 4.79 Å². The Morgan fingerprint density at radius 1 is 1.56 bits per heavy atom. The lowest BCUT2D eigenvalue weighted by Gasteiger charge is -2.16. The van der Waals surface area contributed by atoms with Crippen molar-refractivity contribution >= 4 is 5.97 Å². The van der Waals surface area contributed by atoms with Gasteiger partial charge in [0.25, 0.3) is 0 Å². The minimum absolute atomic E-state index is 0.127. The summed E-state index contributed by atoms with van der Waals surface area (Å²) in [5.41, 5.74) is 0. The summed E-state index contributed by atoms with van der Waals surface area (Å²) in [6.07, 6.45) is 5.06. The summed E-state index contributed by atoms with van der Waals surface area (Å²) >= 11 is 0. The third-order valence-electron chi connectivity index (χ3n) is 2.26. The summed E-state index contributed by atoms with van der Waals surface area (Å²) in [6, 6.07) is 0. The number of ether oxygens (including phenoxy) is 3. The van der Waals surface area contributed by atoms with Crippen LogP contribution in [-0.2, 0) is 19.0 Å². The van der Waals surface area contributed by atoms with Crippen molar-refractivity contribution in [1.29, 1.82) is 0 Å². The first-order chi connectivity index (χ1) is 7.53. The number of carbonyl (C=O) groups is 1. The number of carbonyl (C=O) groups excluding carboxylic acids is 1. The number of hydrogen-bond acceptors (Lipinski definition) is 4. The quantitative estimate of drug-likeness (QED) is 0.533. The van der Waals surface area contributed by atoms with Crippen LogP contribution < -0.4 is 0 Å². The number of allylic oxidation sites excluding steroid dienone is 1. The molecule has 0 saturated carbocycles. The van der Waals surface area contributed by atoms with E-state index in [2.05, 4.69) is 0 Å². The highest BCUT2D eigenvalue weighted by Gasteiger charge is 2.31. The first kappa shape index (κ1) is 13.2. The van der Waals surface area contributed by atoms with Gasteiger partial charge in [0.15, 0.2) is 5.79 Å². The van der Waals surface area contributed by atoms with Crippen molar-refractivity contribution in [3.63, 3.8) is 0 Å². The standard InChI is InChI=1S/C12H20O4/c1-4-14-11(13)8-6-5-7-10-9-15-12(2,3)16-10/h6,8,10H,4-5,7,9H2,1-3H3/b8-6+/t10-/m0/s1. The Morgan fingerprint density at radius 3 is 2.88 bits per heavy atom. The predicted molar refractivity (Wildman–Crippen MR) is 59.9 cm³/mol. The van der Waals surface area contributed by atoms with Crippen molar-refractivity contribution in [2.75, 3.05) is 13.2 Å². The second-order valence-electron chi connectivity index (χ2n) is 4.18. The van der Waals surface area contributed by atoms with Gasteiger partial charge in [-0.05, 0) is 33.6 Å². The van der Waals surface area contributed by atoms with Crippen LogP contribution in [0.25, 0.3) is 0 Å². The molecule has 0 spiro atoms. The van der Waals surface area contributed by atoms with Crippen LogP contribution >= 0.6 is 0 Å². The van der Waals surface area contributed by atoms with Crippen molar-refractivity contribution < 1.29 is 19.0 Å². The van der Waals surface area contributed by atoms with Gasteiger partial charge in [-0.1, -0.05) is 6.08 Å². The molecule has 1 heterocycles. The zero-order chi connectivity index (χ0) is 12.0. The molecule has 1 rings (SSSR count). The van der Waals surface area contributed by atoms with E-state index < -0.39 is 5.79 Å². The fourth-order valence-electron chi connectivity index (χ4n) is 1.56. The van der Waals surface area contributed by atoms with Gasteiger partial charge in [-0.3, -0.25) is 0 Å². The van der Waals surface area contributed by atoms with Crippen LogP contribution in [0.1, 0.15) is 33.6 Å². The van der Waals surface area contributed by atoms with E-state index in [9.17, 15) is 4.79 Å². The fourth-order valence-corrected chi connectivity index (χ4v) is 1.56. The number of hydrogen-bond donors (Lipinski definition) is 0. The lowest BCUT2D eigenvalue weighted by molar-refractivity contribution is -0.139. The highest BCUT2D eigenvalue weighted by molar-refractivity contribution is 5.81. The molecule has 0 amide bonds. The van der Waals surface area contributed by atoms with Gasteiger partial charge in [0.05, 0.1) is 19.3 Å². The van der Waals surface area contributed by atoms with E-state index in [1.54, 1.807) is 6.92 Å². The smallest absolute Gasteiger partial charge is 0.330 e. The van der Waals surface area contributed by atoms with Crippen LogP contribution in [0, 0.1) is 0 Å². The van der Waals surface area contributed by atoms with Gasteiger partial charge in [-0.2, -0.15) is 0 Å². The van der Waals surface area contributed by atoms with E-state index in [-0.39, 0.29) is 12.1 Å². The molecule has 0 radical (unpaired) electrons. The van der Waals surface area contributed by atoms with Gasteiger partial charge in [-0.15, -0.1) is 0 Å². The molecule has 4 nitrogen and oxygen atoms in total. The zero-order valence-corrected chi connectivity index (χ0v) is 10.2. The van der Waals surface area contributed by atoms with Crippen molar-refractivity contribution in [3.05, 3.63) is 12.2 Å². The summed E-state index contributed by atoms with van der Waals surface area (Å²) in [4.78, 5) is 11.0. The molecule has 1 saturated heterocycles. The summed E-state index contributed by atoms with van der Waals surface area (Å²) in [6.45, 7) is 6.64. The van der Waals surface area contributed by atoms with Gasteiger partial charge >= 0.3 is 5.97 Å². The Labute approximate surface area is 96.6 Å². The molecule has 4 heteroatoms. The average molecular weight is 228 g/mol. The van der Waals surface area contributed by atoms with E-state index in [1.807, 2.05) is 19.9 Å². The average Bonchev–Trinajstić information content (AvgIpc) is 2.54. The fraction of sp³-hybridized carbons (Fsp3) is 0.750. The van der Waals surface area contributed by atoms with Crippen molar-refractivity contribution in [2.24, 2.45) is 0 Å². The molecule has 0 bridgehead atoms. The SMILES string of the molecule is CCOC(=O)/C=C/CC[C@H]1COC(C)(C)O1. The third kappa shape index (κ3) is 4.77. The van der Waals surface area contributed by atoms with Gasteiger partial charge in [0.2, 0.25) is 0 Å². The molecule has 16 heavy (non-hydrogen) atoms. The minimum Gasteiger partial charge on any atom is -0.463 e. The summed E-state index contributed by atoms with van der Waals surface area (Å²) < 4.78 is 15.8. The lowest BCUT2D eigenvalue weighted by atomic mass is 10.2. The van der Waals surface area contributed by atoms with Crippen molar-refractivity contribution in [3.8, 4) is 0 Å². The lowest BCUT2D eigenvalue weighted by Crippen LogP contribution is -2.21. The first-order valence-electron chi connectivity index (χ1n) is 5.68. The van der Waals surface area contributed by atoms with Crippen LogP contribution in [-0.4, -0.2) is 31.1 Å². The molecule has 1 atom stereocenters. The molecular weight excluding hydrogens is 208 g/mol. The molecule has 92 valence electrons. The Bertz CT molecular complexity index is 258. The molecule has 1 aliphatic heterocycles. The maximum Gasteiger partial charge on any atom is 0.330 e. The van der Waals surface area contributed by atoms with E-state index in [0.29, 0.717) is 13.2 Å². The molecule has 0 aromatic rings. The second-order valence-corrected chi connectivity index (χ2v) is 4.18. The Kier molecular flexibility index (Phi) is 4.96. The molecular formula is C12H20O4. The van der Waals surface area contributed by atoms with Crippen LogP contribution in [0.3, 0.4) is 0 Å². The molecule has 1 aliphatic rings. The maximum absolute atomic E-state index is 11.0. The van der Waals surface area contributed by atoms with Gasteiger partial charge < -0.3 is 14.2 Å². The van der Waals surface area contributed by atoms with E-state index in [1.165, 1.54) is 6.08 Å². The number of esters is 1. The zero-order valence-electron chi connectivity index (χ0n) is 10.2. The van der Waals surface area contributed by atoms with E-state index in [0.717, 1.165) is 12.8 Å². The largest absolute Gasteiger partial charge is 0.463 e. The Hall–Kier alpha value is -0.870. The van der Waals surface area contributed by atoms with Gasteiger partial charge in [0.1, 0.15) is 0 Å². The summed E-state index contributed by atoms with van der Waals surface area (Å²) in [5.74, 6) is -0.748. The predicted octanol–water partition coefficient (Wildman–Crippen LogP) is 2.04. The molecule has 0 aromatic heterocycles. The van der Waals surface area contributed by atoms with Crippen LogP contribution in [0.5, 0.6) is 0 Å². The van der Waals surface area contributed by atoms with E-state index in [4.69, 9.17) is 14.2 Å². The van der Waals surface area contributed by atoms with Crippen LogP contribution in [0.4, 0.5) is 0 Å². The normalized spacial score (nSPS) is 23.8. The monoisotopic (exact) mass is 228 g/mol. The number of rotatable bonds is 5. The van der Waals surface area contributed by atoms with Crippen molar-refractivity contribution in [2.45, 2.75) is 45.5 Å². The van der Waals surface area contributed by atoms with E-state index >= 15 is 0 Å². The Balaban J connectivity index is 2.14. The summed E-state index contributed by atoms with van der Waals surface area (Å²) in [7, 11) is 0. The minimum atomic E-state index is -0.463. The maximum atomic E-state index is 11.0. The topological polar surface area (TPSA) is 44.8 Å².